The maximum absolute atomic E-state index is 12.7. The third-order valence-corrected chi connectivity index (χ3v) is 4.46. The second kappa shape index (κ2) is 7.76. The normalized spacial score (nSPS) is 20.6. The Kier molecular flexibility index (Phi) is 5.38. The van der Waals surface area contributed by atoms with Crippen molar-refractivity contribution < 1.29 is 34.1 Å². The van der Waals surface area contributed by atoms with Crippen LogP contribution in [0.3, 0.4) is 0 Å². The molecule has 1 saturated heterocycles. The average Bonchev–Trinajstić information content (AvgIpc) is 2.95. The second-order valence-corrected chi connectivity index (χ2v) is 6.15. The minimum absolute atomic E-state index is 0.0514. The van der Waals surface area contributed by atoms with Crippen LogP contribution in [0.4, 0.5) is 5.69 Å². The first-order valence-corrected chi connectivity index (χ1v) is 8.77. The summed E-state index contributed by atoms with van der Waals surface area (Å²) >= 11 is 0. The summed E-state index contributed by atoms with van der Waals surface area (Å²) in [4.78, 5) is 38.6. The number of anilines is 1. The van der Waals surface area contributed by atoms with Gasteiger partial charge in [0.15, 0.2) is 0 Å². The Morgan fingerprint density at radius 2 is 1.69 bits per heavy atom. The van der Waals surface area contributed by atoms with Crippen LogP contribution in [0.5, 0.6) is 5.75 Å². The van der Waals surface area contributed by atoms with Gasteiger partial charge < -0.3 is 19.7 Å². The van der Waals surface area contributed by atoms with Crippen LogP contribution >= 0.6 is 0 Å². The molecular formula is C21H19NO7. The summed E-state index contributed by atoms with van der Waals surface area (Å²) in [6.07, 6.45) is 0. The molecule has 0 spiro atoms. The highest BCUT2D eigenvalue weighted by Gasteiger charge is 2.62. The van der Waals surface area contributed by atoms with Gasteiger partial charge in [-0.1, -0.05) is 30.3 Å². The molecule has 0 aliphatic carbocycles. The molecule has 0 aromatic heterocycles. The number of carbonyl (C=O) groups is 3. The molecule has 0 saturated carbocycles. The fraction of sp³-hybridized carbons (Fsp3) is 0.190. The number of aliphatic hydroxyl groups excluding tert-OH is 1. The molecule has 2 aromatic rings. The fourth-order valence-corrected chi connectivity index (χ4v) is 3.14. The summed E-state index contributed by atoms with van der Waals surface area (Å²) in [5.74, 6) is -3.88. The maximum atomic E-state index is 12.7. The lowest BCUT2D eigenvalue weighted by atomic mass is 9.97. The van der Waals surface area contributed by atoms with Crippen molar-refractivity contribution in [2.24, 2.45) is 0 Å². The molecule has 2 aromatic carbocycles. The van der Waals surface area contributed by atoms with Crippen LogP contribution in [-0.4, -0.2) is 47.3 Å². The van der Waals surface area contributed by atoms with Crippen molar-refractivity contribution in [1.29, 1.82) is 0 Å². The first-order chi connectivity index (χ1) is 13.9. The van der Waals surface area contributed by atoms with Gasteiger partial charge in [0.2, 0.25) is 0 Å². The Morgan fingerprint density at radius 3 is 2.24 bits per heavy atom. The number of nitrogens with zero attached hydrogens (tertiary/aromatic N) is 1. The van der Waals surface area contributed by atoms with Crippen LogP contribution in [0.25, 0.3) is 5.76 Å². The van der Waals surface area contributed by atoms with Crippen molar-refractivity contribution in [3.8, 4) is 5.75 Å². The molecule has 0 radical (unpaired) electrons. The SMILES string of the molecule is CCOc1ccc(N2C(=O)C(=O)C(=C(O)c3ccccc3)[C@]2(O)C(=O)OC)cc1. The third kappa shape index (κ3) is 3.23. The van der Waals surface area contributed by atoms with Crippen molar-refractivity contribution in [1.82, 2.24) is 0 Å². The summed E-state index contributed by atoms with van der Waals surface area (Å²) < 4.78 is 9.99. The topological polar surface area (TPSA) is 113 Å². The predicted octanol–water partition coefficient (Wildman–Crippen LogP) is 1.83. The Morgan fingerprint density at radius 1 is 1.07 bits per heavy atom. The highest BCUT2D eigenvalue weighted by atomic mass is 16.5. The van der Waals surface area contributed by atoms with Crippen LogP contribution in [0.2, 0.25) is 0 Å². The zero-order chi connectivity index (χ0) is 21.2. The highest BCUT2D eigenvalue weighted by molar-refractivity contribution is 6.54. The smallest absolute Gasteiger partial charge is 0.365 e. The van der Waals surface area contributed by atoms with Gasteiger partial charge in [0.1, 0.15) is 17.1 Å². The number of amides is 1. The molecule has 1 amide bonds. The van der Waals surface area contributed by atoms with E-state index in [1.165, 1.54) is 36.4 Å². The quantitative estimate of drug-likeness (QED) is 0.342. The van der Waals surface area contributed by atoms with Crippen LogP contribution in [0, 0.1) is 0 Å². The standard InChI is InChI=1S/C21H19NO7/c1-3-29-15-11-9-14(10-12-15)22-19(25)18(24)16(21(22,27)20(26)28-2)17(23)13-7-5-4-6-8-13/h4-12,23,27H,3H2,1-2H3/t21-/m0/s1. The number of methoxy groups -OCH3 is 1. The molecule has 0 unspecified atom stereocenters. The number of rotatable bonds is 5. The number of ketones is 1. The summed E-state index contributed by atoms with van der Waals surface area (Å²) in [5.41, 5.74) is -3.40. The van der Waals surface area contributed by atoms with Gasteiger partial charge in [-0.2, -0.15) is 0 Å². The van der Waals surface area contributed by atoms with E-state index < -0.39 is 34.7 Å². The van der Waals surface area contributed by atoms with Crippen molar-refractivity contribution >= 4 is 29.1 Å². The number of esters is 1. The van der Waals surface area contributed by atoms with Gasteiger partial charge in [-0.15, -0.1) is 0 Å². The summed E-state index contributed by atoms with van der Waals surface area (Å²) in [6, 6.07) is 13.7. The molecule has 29 heavy (non-hydrogen) atoms. The van der Waals surface area contributed by atoms with Crippen LogP contribution in [0.1, 0.15) is 12.5 Å². The first-order valence-electron chi connectivity index (χ1n) is 8.77. The minimum atomic E-state index is -2.84. The van der Waals surface area contributed by atoms with Crippen LogP contribution in [-0.2, 0) is 19.1 Å². The maximum Gasteiger partial charge on any atom is 0.365 e. The zero-order valence-electron chi connectivity index (χ0n) is 15.8. The van der Waals surface area contributed by atoms with E-state index in [0.29, 0.717) is 17.3 Å². The second-order valence-electron chi connectivity index (χ2n) is 6.15. The number of ether oxygens (including phenoxy) is 2. The van der Waals surface area contributed by atoms with Gasteiger partial charge in [0.25, 0.3) is 11.5 Å². The van der Waals surface area contributed by atoms with E-state index >= 15 is 0 Å². The van der Waals surface area contributed by atoms with Crippen molar-refractivity contribution in [2.45, 2.75) is 12.6 Å². The molecule has 1 aliphatic rings. The third-order valence-electron chi connectivity index (χ3n) is 4.46. The van der Waals surface area contributed by atoms with Crippen LogP contribution in [0.15, 0.2) is 60.2 Å². The number of carbonyl (C=O) groups excluding carboxylic acids is 3. The number of hydrogen-bond acceptors (Lipinski definition) is 7. The Labute approximate surface area is 166 Å². The summed E-state index contributed by atoms with van der Waals surface area (Å²) in [6.45, 7) is 2.22. The molecule has 2 N–H and O–H groups in total. The molecule has 0 bridgehead atoms. The van der Waals surface area contributed by atoms with E-state index in [4.69, 9.17) is 4.74 Å². The van der Waals surface area contributed by atoms with Crippen LogP contribution < -0.4 is 9.64 Å². The molecule has 1 heterocycles. The van der Waals surface area contributed by atoms with Gasteiger partial charge in [-0.3, -0.25) is 14.5 Å². The van der Waals surface area contributed by atoms with E-state index in [1.54, 1.807) is 25.1 Å². The van der Waals surface area contributed by atoms with E-state index in [2.05, 4.69) is 4.74 Å². The molecule has 3 rings (SSSR count). The molecule has 1 aliphatic heterocycles. The number of Topliss-reactive ketones (excluding diaryl/α,β-unsaturated/α-hetero) is 1. The van der Waals surface area contributed by atoms with Crippen molar-refractivity contribution in [3.63, 3.8) is 0 Å². The lowest BCUT2D eigenvalue weighted by molar-refractivity contribution is -0.158. The number of aliphatic hydroxyl groups is 2. The van der Waals surface area contributed by atoms with Crippen molar-refractivity contribution in [2.75, 3.05) is 18.6 Å². The molecular weight excluding hydrogens is 378 g/mol. The van der Waals surface area contributed by atoms with Gasteiger partial charge in [0, 0.05) is 11.3 Å². The molecule has 1 fully saturated rings. The largest absolute Gasteiger partial charge is 0.507 e. The fourth-order valence-electron chi connectivity index (χ4n) is 3.14. The summed E-state index contributed by atoms with van der Waals surface area (Å²) in [7, 11) is 1.00. The van der Waals surface area contributed by atoms with E-state index in [-0.39, 0.29) is 11.3 Å². The molecule has 8 nitrogen and oxygen atoms in total. The Bertz CT molecular complexity index is 982. The zero-order valence-corrected chi connectivity index (χ0v) is 15.8. The average molecular weight is 397 g/mol. The van der Waals surface area contributed by atoms with Crippen molar-refractivity contribution in [3.05, 3.63) is 65.7 Å². The highest BCUT2D eigenvalue weighted by Crippen LogP contribution is 2.40. The predicted molar refractivity (Wildman–Crippen MR) is 103 cm³/mol. The molecule has 150 valence electrons. The molecule has 8 heteroatoms. The summed E-state index contributed by atoms with van der Waals surface area (Å²) in [5, 5.41) is 21.9. The first kappa shape index (κ1) is 20.1. The van der Waals surface area contributed by atoms with Gasteiger partial charge in [0.05, 0.1) is 13.7 Å². The minimum Gasteiger partial charge on any atom is -0.507 e. The van der Waals surface area contributed by atoms with E-state index in [9.17, 15) is 24.6 Å². The lowest BCUT2D eigenvalue weighted by Gasteiger charge is -2.31. The number of hydrogen-bond donors (Lipinski definition) is 2. The van der Waals surface area contributed by atoms with Gasteiger partial charge >= 0.3 is 11.9 Å². The monoisotopic (exact) mass is 397 g/mol. The number of benzene rings is 2. The van der Waals surface area contributed by atoms with E-state index in [1.807, 2.05) is 0 Å². The van der Waals surface area contributed by atoms with E-state index in [0.717, 1.165) is 7.11 Å². The Balaban J connectivity index is 2.20. The van der Waals surface area contributed by atoms with Gasteiger partial charge in [-0.05, 0) is 31.2 Å². The Hall–Kier alpha value is -3.65. The lowest BCUT2D eigenvalue weighted by Crippen LogP contribution is -2.54. The molecule has 1 atom stereocenters. The van der Waals surface area contributed by atoms with Gasteiger partial charge in [-0.25, -0.2) is 4.79 Å².